The average Bonchev–Trinajstić information content (AvgIpc) is 3.10. The number of hydrogen-bond donors (Lipinski definition) is 2. The largest absolute Gasteiger partial charge is 0.489 e. The van der Waals surface area contributed by atoms with E-state index in [-0.39, 0.29) is 11.9 Å². The van der Waals surface area contributed by atoms with Crippen molar-refractivity contribution >= 4 is 11.5 Å². The van der Waals surface area contributed by atoms with Crippen molar-refractivity contribution in [2.24, 2.45) is 5.92 Å². The topological polar surface area (TPSA) is 63.5 Å². The summed E-state index contributed by atoms with van der Waals surface area (Å²) in [4.78, 5) is 4.69. The fourth-order valence-electron chi connectivity index (χ4n) is 4.16. The molecule has 2 N–H and O–H groups in total. The summed E-state index contributed by atoms with van der Waals surface area (Å²) < 4.78 is 22.6. The molecule has 3 aromatic rings. The van der Waals surface area contributed by atoms with Gasteiger partial charge in [-0.05, 0) is 62.4 Å². The monoisotopic (exact) mass is 381 g/mol. The number of benzene rings is 1. The molecule has 2 atom stereocenters. The fraction of sp³-hybridized carbons (Fsp3) is 0.429. The second kappa shape index (κ2) is 7.39. The molecule has 1 saturated heterocycles. The van der Waals surface area contributed by atoms with Crippen molar-refractivity contribution in [1.82, 2.24) is 19.9 Å². The van der Waals surface area contributed by atoms with Crippen molar-refractivity contribution < 1.29 is 9.13 Å². The highest BCUT2D eigenvalue weighted by molar-refractivity contribution is 5.78. The molecule has 0 saturated carbocycles. The van der Waals surface area contributed by atoms with E-state index in [4.69, 9.17) is 4.74 Å². The molecule has 1 unspecified atom stereocenters. The van der Waals surface area contributed by atoms with Gasteiger partial charge in [0.15, 0.2) is 5.65 Å². The molecule has 5 rings (SSSR count). The number of ether oxygens (including phenoxy) is 1. The van der Waals surface area contributed by atoms with Crippen LogP contribution >= 0.6 is 0 Å². The van der Waals surface area contributed by atoms with E-state index < -0.39 is 0 Å². The Morgan fingerprint density at radius 2 is 2.00 bits per heavy atom. The molecule has 0 amide bonds. The van der Waals surface area contributed by atoms with E-state index >= 15 is 0 Å². The summed E-state index contributed by atoms with van der Waals surface area (Å²) in [5.41, 5.74) is 1.76. The lowest BCUT2D eigenvalue weighted by Gasteiger charge is -2.26. The molecule has 0 spiro atoms. The smallest absolute Gasteiger partial charge is 0.165 e. The standard InChI is InChI=1S/C21H24FN5O/c22-19-4-3-15-11-17(19)18-13-25-27-10-7-20(26-21(18)27)24-9-6-14-1-2-16(28-15)12-23-8-5-14/h3-4,7,10-11,13-14,16,23H,1-2,5-6,8-9,12H2,(H,24,26)/t14?,16-/m0/s1. The lowest BCUT2D eigenvalue weighted by molar-refractivity contribution is 0.164. The highest BCUT2D eigenvalue weighted by Gasteiger charge is 2.20. The quantitative estimate of drug-likeness (QED) is 0.624. The van der Waals surface area contributed by atoms with Gasteiger partial charge in [0, 0.05) is 30.4 Å². The molecular formula is C21H24FN5O. The normalized spacial score (nSPS) is 22.6. The van der Waals surface area contributed by atoms with Crippen LogP contribution in [0, 0.1) is 11.7 Å². The number of nitrogens with zero attached hydrogens (tertiary/aromatic N) is 3. The summed E-state index contributed by atoms with van der Waals surface area (Å²) in [6, 6.07) is 6.85. The number of nitrogens with one attached hydrogen (secondary N) is 2. The van der Waals surface area contributed by atoms with Crippen molar-refractivity contribution in [3.8, 4) is 16.9 Å². The van der Waals surface area contributed by atoms with E-state index in [1.807, 2.05) is 12.3 Å². The minimum atomic E-state index is -0.303. The summed E-state index contributed by atoms with van der Waals surface area (Å²) in [5.74, 6) is 1.82. The predicted molar refractivity (Wildman–Crippen MR) is 106 cm³/mol. The summed E-state index contributed by atoms with van der Waals surface area (Å²) in [6.07, 6.45) is 8.01. The zero-order valence-corrected chi connectivity index (χ0v) is 15.7. The molecule has 0 aliphatic carbocycles. The minimum absolute atomic E-state index is 0.0885. The van der Waals surface area contributed by atoms with Gasteiger partial charge in [0.2, 0.25) is 0 Å². The second-order valence-electron chi connectivity index (χ2n) is 7.67. The second-order valence-corrected chi connectivity index (χ2v) is 7.67. The van der Waals surface area contributed by atoms with Crippen molar-refractivity contribution in [3.05, 3.63) is 42.5 Å². The van der Waals surface area contributed by atoms with Crippen LogP contribution in [0.4, 0.5) is 10.2 Å². The molecule has 2 aliphatic rings. The van der Waals surface area contributed by atoms with Crippen LogP contribution in [0.25, 0.3) is 16.8 Å². The van der Waals surface area contributed by atoms with Crippen LogP contribution in [-0.4, -0.2) is 40.3 Å². The van der Waals surface area contributed by atoms with Crippen LogP contribution in [0.15, 0.2) is 36.7 Å². The van der Waals surface area contributed by atoms with Crippen LogP contribution in [0.3, 0.4) is 0 Å². The van der Waals surface area contributed by atoms with Gasteiger partial charge in [-0.1, -0.05) is 0 Å². The highest BCUT2D eigenvalue weighted by atomic mass is 19.1. The molecule has 4 heterocycles. The van der Waals surface area contributed by atoms with Crippen molar-refractivity contribution in [1.29, 1.82) is 0 Å². The van der Waals surface area contributed by atoms with Crippen LogP contribution < -0.4 is 15.4 Å². The molecule has 7 heteroatoms. The highest BCUT2D eigenvalue weighted by Crippen LogP contribution is 2.31. The third kappa shape index (κ3) is 3.42. The van der Waals surface area contributed by atoms with Crippen LogP contribution in [0.2, 0.25) is 0 Å². The zero-order valence-electron chi connectivity index (χ0n) is 15.7. The Balaban J connectivity index is 1.60. The Labute approximate surface area is 163 Å². The molecule has 146 valence electrons. The van der Waals surface area contributed by atoms with E-state index in [0.717, 1.165) is 44.7 Å². The summed E-state index contributed by atoms with van der Waals surface area (Å²) in [6.45, 7) is 2.68. The first kappa shape index (κ1) is 17.4. The van der Waals surface area contributed by atoms with E-state index in [1.54, 1.807) is 22.8 Å². The lowest BCUT2D eigenvalue weighted by Crippen LogP contribution is -2.35. The number of hydrogen-bond acceptors (Lipinski definition) is 5. The molecule has 0 radical (unpaired) electrons. The Kier molecular flexibility index (Phi) is 4.60. The Morgan fingerprint density at radius 1 is 1.07 bits per heavy atom. The Hall–Kier alpha value is -2.67. The van der Waals surface area contributed by atoms with Gasteiger partial charge in [-0.2, -0.15) is 5.10 Å². The van der Waals surface area contributed by atoms with Gasteiger partial charge < -0.3 is 15.4 Å². The van der Waals surface area contributed by atoms with Gasteiger partial charge >= 0.3 is 0 Å². The van der Waals surface area contributed by atoms with E-state index in [9.17, 15) is 4.39 Å². The van der Waals surface area contributed by atoms with E-state index in [1.165, 1.54) is 12.5 Å². The first-order valence-electron chi connectivity index (χ1n) is 10.0. The van der Waals surface area contributed by atoms with Crippen molar-refractivity contribution in [2.45, 2.75) is 31.8 Å². The molecule has 1 fully saturated rings. The predicted octanol–water partition coefficient (Wildman–Crippen LogP) is 3.49. The minimum Gasteiger partial charge on any atom is -0.489 e. The molecule has 2 aromatic heterocycles. The SMILES string of the molecule is Fc1ccc2cc1-c1cnn3ccc(nc13)NCCC1CCNC[C@H](CC1)O2. The molecule has 6 bridgehead atoms. The first-order chi connectivity index (χ1) is 13.8. The third-order valence-electron chi connectivity index (χ3n) is 5.76. The number of fused-ring (bicyclic) bond motifs is 7. The molecular weight excluding hydrogens is 357 g/mol. The summed E-state index contributed by atoms with van der Waals surface area (Å²) in [5, 5.41) is 11.3. The molecule has 28 heavy (non-hydrogen) atoms. The number of aromatic nitrogens is 3. The van der Waals surface area contributed by atoms with Gasteiger partial charge in [-0.15, -0.1) is 0 Å². The van der Waals surface area contributed by atoms with E-state index in [2.05, 4.69) is 20.7 Å². The van der Waals surface area contributed by atoms with Gasteiger partial charge in [-0.25, -0.2) is 13.9 Å². The third-order valence-corrected chi connectivity index (χ3v) is 5.76. The number of halogens is 1. The number of rotatable bonds is 0. The van der Waals surface area contributed by atoms with Crippen molar-refractivity contribution in [2.75, 3.05) is 25.0 Å². The van der Waals surface area contributed by atoms with Gasteiger partial charge in [-0.3, -0.25) is 0 Å². The van der Waals surface area contributed by atoms with Crippen LogP contribution in [0.5, 0.6) is 5.75 Å². The molecule has 1 aromatic carbocycles. The maximum absolute atomic E-state index is 14.7. The summed E-state index contributed by atoms with van der Waals surface area (Å²) in [7, 11) is 0. The van der Waals surface area contributed by atoms with Gasteiger partial charge in [0.1, 0.15) is 23.5 Å². The fourth-order valence-corrected chi connectivity index (χ4v) is 4.16. The summed E-state index contributed by atoms with van der Waals surface area (Å²) >= 11 is 0. The average molecular weight is 381 g/mol. The Bertz CT molecular complexity index is 988. The van der Waals surface area contributed by atoms with Gasteiger partial charge in [0.05, 0.1) is 6.20 Å². The number of anilines is 1. The van der Waals surface area contributed by atoms with Crippen molar-refractivity contribution in [3.63, 3.8) is 0 Å². The van der Waals surface area contributed by atoms with Crippen LogP contribution in [-0.2, 0) is 0 Å². The first-order valence-corrected chi connectivity index (χ1v) is 10.0. The molecule has 2 aliphatic heterocycles. The lowest BCUT2D eigenvalue weighted by atomic mass is 9.92. The van der Waals surface area contributed by atoms with E-state index in [0.29, 0.717) is 28.4 Å². The maximum Gasteiger partial charge on any atom is 0.165 e. The zero-order chi connectivity index (χ0) is 18.9. The molecule has 6 nitrogen and oxygen atoms in total. The Morgan fingerprint density at radius 3 is 2.96 bits per heavy atom. The maximum atomic E-state index is 14.7. The van der Waals surface area contributed by atoms with Crippen LogP contribution in [0.1, 0.15) is 25.7 Å². The van der Waals surface area contributed by atoms with Gasteiger partial charge in [0.25, 0.3) is 0 Å².